The van der Waals surface area contributed by atoms with Crippen LogP contribution in [0.25, 0.3) is 0 Å². The van der Waals surface area contributed by atoms with Crippen molar-refractivity contribution in [3.05, 3.63) is 12.3 Å². The number of hydrogen-bond acceptors (Lipinski definition) is 7. The second kappa shape index (κ2) is 10.5. The molecule has 0 unspecified atom stereocenters. The lowest BCUT2D eigenvalue weighted by atomic mass is 10.1. The molecule has 0 saturated carbocycles. The van der Waals surface area contributed by atoms with Gasteiger partial charge in [-0.3, -0.25) is 0 Å². The SMILES string of the molecule is CC(C)(C)OC(=O)N(COCC[Si](C)(C)C)c1nccc(OC2CCOCC2)c1N. The maximum Gasteiger partial charge on any atom is 0.418 e. The minimum Gasteiger partial charge on any atom is -0.488 e. The maximum absolute atomic E-state index is 12.9. The molecule has 0 bridgehead atoms. The Bertz CT molecular complexity index is 697. The van der Waals surface area contributed by atoms with Crippen LogP contribution >= 0.6 is 0 Å². The van der Waals surface area contributed by atoms with Crippen molar-refractivity contribution in [2.24, 2.45) is 0 Å². The van der Waals surface area contributed by atoms with Gasteiger partial charge in [-0.05, 0) is 26.8 Å². The molecule has 2 rings (SSSR count). The summed E-state index contributed by atoms with van der Waals surface area (Å²) in [5.74, 6) is 0.782. The number of aromatic nitrogens is 1. The number of carbonyl (C=O) groups excluding carboxylic acids is 1. The fraction of sp³-hybridized carbons (Fsp3) is 0.714. The fourth-order valence-electron chi connectivity index (χ4n) is 2.79. The Balaban J connectivity index is 2.18. The first-order valence-electron chi connectivity index (χ1n) is 10.5. The van der Waals surface area contributed by atoms with Crippen molar-refractivity contribution in [2.45, 2.75) is 71.0 Å². The van der Waals surface area contributed by atoms with Gasteiger partial charge in [0.1, 0.15) is 29.9 Å². The van der Waals surface area contributed by atoms with Crippen molar-refractivity contribution in [2.75, 3.05) is 37.2 Å². The molecule has 0 aliphatic carbocycles. The summed E-state index contributed by atoms with van der Waals surface area (Å²) >= 11 is 0. The molecule has 8 nitrogen and oxygen atoms in total. The average molecular weight is 440 g/mol. The molecule has 1 fully saturated rings. The highest BCUT2D eigenvalue weighted by Crippen LogP contribution is 2.32. The summed E-state index contributed by atoms with van der Waals surface area (Å²) in [7, 11) is -1.25. The Hall–Kier alpha value is -1.84. The van der Waals surface area contributed by atoms with Crippen molar-refractivity contribution in [1.29, 1.82) is 0 Å². The topological polar surface area (TPSA) is 96.1 Å². The molecule has 1 aliphatic heterocycles. The Morgan fingerprint density at radius 3 is 2.57 bits per heavy atom. The molecule has 0 spiro atoms. The Morgan fingerprint density at radius 2 is 1.97 bits per heavy atom. The number of hydrogen-bond donors (Lipinski definition) is 1. The van der Waals surface area contributed by atoms with Gasteiger partial charge in [0.2, 0.25) is 0 Å². The molecule has 0 atom stereocenters. The van der Waals surface area contributed by atoms with E-state index in [2.05, 4.69) is 24.6 Å². The number of carbonyl (C=O) groups is 1. The van der Waals surface area contributed by atoms with Crippen molar-refractivity contribution in [1.82, 2.24) is 4.98 Å². The molecule has 1 aromatic rings. The third kappa shape index (κ3) is 8.12. The Kier molecular flexibility index (Phi) is 8.51. The van der Waals surface area contributed by atoms with E-state index < -0.39 is 19.8 Å². The number of anilines is 2. The number of rotatable bonds is 8. The molecule has 1 aliphatic rings. The zero-order chi connectivity index (χ0) is 22.4. The van der Waals surface area contributed by atoms with Crippen LogP contribution in [0.15, 0.2) is 12.3 Å². The van der Waals surface area contributed by atoms with E-state index in [0.717, 1.165) is 18.9 Å². The molecule has 2 heterocycles. The smallest absolute Gasteiger partial charge is 0.418 e. The second-order valence-electron chi connectivity index (χ2n) is 9.73. The molecule has 1 saturated heterocycles. The maximum atomic E-state index is 12.9. The predicted octanol–water partition coefficient (Wildman–Crippen LogP) is 4.28. The van der Waals surface area contributed by atoms with Gasteiger partial charge in [0.25, 0.3) is 0 Å². The van der Waals surface area contributed by atoms with E-state index in [-0.39, 0.29) is 18.7 Å². The zero-order valence-electron chi connectivity index (χ0n) is 19.2. The average Bonchev–Trinajstić information content (AvgIpc) is 2.62. The quantitative estimate of drug-likeness (QED) is 0.367. The second-order valence-corrected chi connectivity index (χ2v) is 15.4. The molecule has 1 amide bonds. The fourth-order valence-corrected chi connectivity index (χ4v) is 3.54. The van der Waals surface area contributed by atoms with Gasteiger partial charge in [0, 0.05) is 39.8 Å². The van der Waals surface area contributed by atoms with Gasteiger partial charge in [-0.15, -0.1) is 0 Å². The summed E-state index contributed by atoms with van der Waals surface area (Å²) < 4.78 is 22.8. The minimum absolute atomic E-state index is 0.0112. The number of ether oxygens (including phenoxy) is 4. The summed E-state index contributed by atoms with van der Waals surface area (Å²) in [6, 6.07) is 2.71. The Morgan fingerprint density at radius 1 is 1.30 bits per heavy atom. The van der Waals surface area contributed by atoms with Crippen LogP contribution in [0.3, 0.4) is 0 Å². The van der Waals surface area contributed by atoms with E-state index in [4.69, 9.17) is 24.7 Å². The van der Waals surface area contributed by atoms with E-state index in [1.807, 2.05) is 20.8 Å². The number of nitrogen functional groups attached to an aromatic ring is 1. The molecule has 2 N–H and O–H groups in total. The van der Waals surface area contributed by atoms with Gasteiger partial charge in [0.05, 0.1) is 13.2 Å². The molecule has 0 radical (unpaired) electrons. The van der Waals surface area contributed by atoms with Crippen LogP contribution in [0.5, 0.6) is 5.75 Å². The van der Waals surface area contributed by atoms with Gasteiger partial charge >= 0.3 is 6.09 Å². The summed E-state index contributed by atoms with van der Waals surface area (Å²) in [6.45, 7) is 14.2. The number of pyridine rings is 1. The molecule has 170 valence electrons. The van der Waals surface area contributed by atoms with Crippen molar-refractivity contribution in [3.63, 3.8) is 0 Å². The lowest BCUT2D eigenvalue weighted by Gasteiger charge is -2.29. The molecular weight excluding hydrogens is 402 g/mol. The third-order valence-electron chi connectivity index (χ3n) is 4.48. The molecule has 0 aromatic carbocycles. The van der Waals surface area contributed by atoms with Crippen LogP contribution in [-0.4, -0.2) is 57.4 Å². The van der Waals surface area contributed by atoms with Crippen LogP contribution < -0.4 is 15.4 Å². The van der Waals surface area contributed by atoms with Crippen LogP contribution in [0.1, 0.15) is 33.6 Å². The summed E-state index contributed by atoms with van der Waals surface area (Å²) in [4.78, 5) is 18.6. The first-order valence-corrected chi connectivity index (χ1v) is 14.2. The van der Waals surface area contributed by atoms with E-state index in [1.54, 1.807) is 12.3 Å². The van der Waals surface area contributed by atoms with Crippen molar-refractivity contribution in [3.8, 4) is 5.75 Å². The summed E-state index contributed by atoms with van der Waals surface area (Å²) in [5.41, 5.74) is 6.00. The van der Waals surface area contributed by atoms with Crippen molar-refractivity contribution >= 4 is 25.7 Å². The summed E-state index contributed by atoms with van der Waals surface area (Å²) in [5, 5.41) is 0. The highest BCUT2D eigenvalue weighted by molar-refractivity contribution is 6.76. The largest absolute Gasteiger partial charge is 0.488 e. The lowest BCUT2D eigenvalue weighted by molar-refractivity contribution is 0.0258. The van der Waals surface area contributed by atoms with E-state index >= 15 is 0 Å². The summed E-state index contributed by atoms with van der Waals surface area (Å²) in [6.07, 6.45) is 2.65. The first kappa shape index (κ1) is 24.4. The van der Waals surface area contributed by atoms with Gasteiger partial charge in [-0.25, -0.2) is 14.7 Å². The Labute approximate surface area is 181 Å². The van der Waals surface area contributed by atoms with E-state index in [0.29, 0.717) is 31.3 Å². The number of nitrogens with zero attached hydrogens (tertiary/aromatic N) is 2. The lowest BCUT2D eigenvalue weighted by Crippen LogP contribution is -2.39. The molecule has 9 heteroatoms. The highest BCUT2D eigenvalue weighted by atomic mass is 28.3. The predicted molar refractivity (Wildman–Crippen MR) is 121 cm³/mol. The zero-order valence-corrected chi connectivity index (χ0v) is 20.2. The van der Waals surface area contributed by atoms with Crippen molar-refractivity contribution < 1.29 is 23.7 Å². The van der Waals surface area contributed by atoms with Gasteiger partial charge in [-0.2, -0.15) is 0 Å². The first-order chi connectivity index (χ1) is 14.0. The molecule has 1 aromatic heterocycles. The minimum atomic E-state index is -1.25. The molecule has 30 heavy (non-hydrogen) atoms. The van der Waals surface area contributed by atoms with Crippen LogP contribution in [0.2, 0.25) is 25.7 Å². The van der Waals surface area contributed by atoms with Crippen LogP contribution in [0, 0.1) is 0 Å². The normalized spacial score (nSPS) is 15.7. The van der Waals surface area contributed by atoms with Gasteiger partial charge in [-0.1, -0.05) is 19.6 Å². The number of nitrogens with two attached hydrogens (primary N) is 1. The van der Waals surface area contributed by atoms with E-state index in [9.17, 15) is 4.79 Å². The monoisotopic (exact) mass is 439 g/mol. The molecular formula is C21H37N3O5Si. The highest BCUT2D eigenvalue weighted by Gasteiger charge is 2.28. The van der Waals surface area contributed by atoms with Gasteiger partial charge in [0.15, 0.2) is 5.82 Å². The van der Waals surface area contributed by atoms with Crippen LogP contribution in [-0.2, 0) is 14.2 Å². The van der Waals surface area contributed by atoms with E-state index in [1.165, 1.54) is 4.90 Å². The van der Waals surface area contributed by atoms with Crippen LogP contribution in [0.4, 0.5) is 16.3 Å². The third-order valence-corrected chi connectivity index (χ3v) is 6.18. The number of amides is 1. The standard InChI is InChI=1S/C21H37N3O5Si/c1-21(2,3)29-20(25)24(15-27-13-14-30(4,5)6)19-18(22)17(7-10-23-19)28-16-8-11-26-12-9-16/h7,10,16H,8-9,11-15,22H2,1-6H3. The van der Waals surface area contributed by atoms with Gasteiger partial charge < -0.3 is 24.7 Å².